The van der Waals surface area contributed by atoms with E-state index in [1.807, 2.05) is 19.9 Å². The first-order valence-corrected chi connectivity index (χ1v) is 12.7. The quantitative estimate of drug-likeness (QED) is 0.361. The number of hydrogen-bond donors (Lipinski definition) is 2. The lowest BCUT2D eigenvalue weighted by atomic mass is 9.67. The summed E-state index contributed by atoms with van der Waals surface area (Å²) < 4.78 is 44.0. The van der Waals surface area contributed by atoms with Gasteiger partial charge in [-0.05, 0) is 81.7 Å². The molecule has 0 saturated heterocycles. The third kappa shape index (κ3) is 5.77. The number of thiazole rings is 1. The molecule has 1 atom stereocenters. The standard InChI is InChI=1S/C26H29F3N4O3S/c1-15-11-16(13-18(12-15)32-23-30-10-7-20(33-23)26(27,28)29)19-14-31-21(37-19)25(3,35)17-5-8-24(2,9-6-17)22(34)36-4/h7,10-14,17,35H,5-6,8-9H2,1-4H3,(H,30,32,33). The Labute approximate surface area is 217 Å². The second-order valence-electron chi connectivity index (χ2n) is 9.98. The number of methoxy groups -OCH3 is 1. The Kier molecular flexibility index (Phi) is 7.31. The maximum absolute atomic E-state index is 13.0. The number of aliphatic hydroxyl groups is 1. The fourth-order valence-electron chi connectivity index (χ4n) is 4.79. The second-order valence-corrected chi connectivity index (χ2v) is 11.0. The van der Waals surface area contributed by atoms with Crippen LogP contribution in [0.3, 0.4) is 0 Å². The van der Waals surface area contributed by atoms with Crippen LogP contribution >= 0.6 is 11.3 Å². The third-order valence-corrected chi connectivity index (χ3v) is 8.34. The van der Waals surface area contributed by atoms with Gasteiger partial charge in [-0.15, -0.1) is 11.3 Å². The highest BCUT2D eigenvalue weighted by molar-refractivity contribution is 7.15. The minimum absolute atomic E-state index is 0.0583. The number of carbonyl (C=O) groups is 1. The molecule has 1 aromatic carbocycles. The van der Waals surface area contributed by atoms with Crippen molar-refractivity contribution in [2.45, 2.75) is 58.2 Å². The first-order chi connectivity index (χ1) is 17.3. The Morgan fingerprint density at radius 3 is 2.57 bits per heavy atom. The van der Waals surface area contributed by atoms with Gasteiger partial charge in [-0.25, -0.2) is 15.0 Å². The van der Waals surface area contributed by atoms with Gasteiger partial charge in [0.15, 0.2) is 0 Å². The zero-order chi connectivity index (χ0) is 27.0. The number of aryl methyl sites for hydroxylation is 1. The van der Waals surface area contributed by atoms with E-state index in [-0.39, 0.29) is 17.8 Å². The molecule has 0 radical (unpaired) electrons. The Bertz CT molecular complexity index is 1280. The second kappa shape index (κ2) is 10.0. The van der Waals surface area contributed by atoms with E-state index in [0.717, 1.165) is 28.3 Å². The summed E-state index contributed by atoms with van der Waals surface area (Å²) in [5.74, 6) is -0.436. The normalized spacial score (nSPS) is 21.8. The molecule has 1 fully saturated rings. The third-order valence-electron chi connectivity index (χ3n) is 7.06. The van der Waals surface area contributed by atoms with Gasteiger partial charge in [-0.1, -0.05) is 6.07 Å². The lowest BCUT2D eigenvalue weighted by molar-refractivity contribution is -0.156. The number of carbonyl (C=O) groups excluding carboxylic acids is 1. The lowest BCUT2D eigenvalue weighted by Crippen LogP contribution is -2.40. The van der Waals surface area contributed by atoms with Gasteiger partial charge in [0.25, 0.3) is 0 Å². The van der Waals surface area contributed by atoms with Gasteiger partial charge in [-0.3, -0.25) is 4.79 Å². The molecule has 11 heteroatoms. The molecule has 1 unspecified atom stereocenters. The van der Waals surface area contributed by atoms with E-state index < -0.39 is 22.9 Å². The molecule has 1 saturated carbocycles. The first kappa shape index (κ1) is 27.0. The van der Waals surface area contributed by atoms with Crippen molar-refractivity contribution < 1.29 is 27.8 Å². The number of nitrogens with one attached hydrogen (secondary N) is 1. The topological polar surface area (TPSA) is 97.2 Å². The molecule has 0 spiro atoms. The lowest BCUT2D eigenvalue weighted by Gasteiger charge is -2.40. The Morgan fingerprint density at radius 2 is 1.92 bits per heavy atom. The number of alkyl halides is 3. The number of ether oxygens (including phenoxy) is 1. The number of nitrogens with zero attached hydrogens (tertiary/aromatic N) is 3. The van der Waals surface area contributed by atoms with Crippen LogP contribution in [0.15, 0.2) is 36.7 Å². The summed E-state index contributed by atoms with van der Waals surface area (Å²) in [4.78, 5) is 24.9. The van der Waals surface area contributed by atoms with E-state index in [9.17, 15) is 23.1 Å². The zero-order valence-corrected chi connectivity index (χ0v) is 21.8. The van der Waals surface area contributed by atoms with Crippen LogP contribution in [0.2, 0.25) is 0 Å². The van der Waals surface area contributed by atoms with E-state index in [4.69, 9.17) is 4.74 Å². The number of halogens is 3. The van der Waals surface area contributed by atoms with Crippen molar-refractivity contribution in [2.75, 3.05) is 12.4 Å². The number of rotatable bonds is 6. The predicted molar refractivity (Wildman–Crippen MR) is 134 cm³/mol. The number of benzene rings is 1. The average Bonchev–Trinajstić information content (AvgIpc) is 3.34. The van der Waals surface area contributed by atoms with Gasteiger partial charge in [-0.2, -0.15) is 13.2 Å². The molecule has 2 N–H and O–H groups in total. The van der Waals surface area contributed by atoms with Crippen molar-refractivity contribution >= 4 is 28.9 Å². The van der Waals surface area contributed by atoms with Crippen LogP contribution in [-0.4, -0.2) is 33.1 Å². The van der Waals surface area contributed by atoms with Gasteiger partial charge in [0.2, 0.25) is 5.95 Å². The van der Waals surface area contributed by atoms with Crippen LogP contribution in [0.4, 0.5) is 24.8 Å². The molecule has 3 aromatic rings. The smallest absolute Gasteiger partial charge is 0.433 e. The van der Waals surface area contributed by atoms with Gasteiger partial charge in [0.1, 0.15) is 16.3 Å². The van der Waals surface area contributed by atoms with Crippen LogP contribution in [0.5, 0.6) is 0 Å². The van der Waals surface area contributed by atoms with Crippen LogP contribution in [-0.2, 0) is 21.3 Å². The molecule has 0 aliphatic heterocycles. The molecular weight excluding hydrogens is 505 g/mol. The van der Waals surface area contributed by atoms with Crippen molar-refractivity contribution in [1.82, 2.24) is 15.0 Å². The molecule has 37 heavy (non-hydrogen) atoms. The van der Waals surface area contributed by atoms with Crippen molar-refractivity contribution in [2.24, 2.45) is 11.3 Å². The van der Waals surface area contributed by atoms with E-state index >= 15 is 0 Å². The number of anilines is 2. The number of hydrogen-bond acceptors (Lipinski definition) is 8. The van der Waals surface area contributed by atoms with Gasteiger partial charge >= 0.3 is 12.1 Å². The molecule has 7 nitrogen and oxygen atoms in total. The number of esters is 1. The molecule has 2 aromatic heterocycles. The van der Waals surface area contributed by atoms with Crippen molar-refractivity contribution in [3.63, 3.8) is 0 Å². The molecule has 198 valence electrons. The van der Waals surface area contributed by atoms with E-state index in [0.29, 0.717) is 36.4 Å². The minimum atomic E-state index is -4.57. The Balaban J connectivity index is 1.53. The van der Waals surface area contributed by atoms with Gasteiger partial charge in [0.05, 0.1) is 17.4 Å². The summed E-state index contributed by atoms with van der Waals surface area (Å²) in [6, 6.07) is 6.32. The first-order valence-electron chi connectivity index (χ1n) is 11.9. The maximum Gasteiger partial charge on any atom is 0.433 e. The van der Waals surface area contributed by atoms with E-state index in [1.54, 1.807) is 25.3 Å². The number of aromatic nitrogens is 3. The largest absolute Gasteiger partial charge is 0.469 e. The molecule has 2 heterocycles. The zero-order valence-electron chi connectivity index (χ0n) is 21.0. The molecular formula is C26H29F3N4O3S. The minimum Gasteiger partial charge on any atom is -0.469 e. The maximum atomic E-state index is 13.0. The fourth-order valence-corrected chi connectivity index (χ4v) is 5.82. The van der Waals surface area contributed by atoms with Gasteiger partial charge in [0, 0.05) is 18.1 Å². The summed E-state index contributed by atoms with van der Waals surface area (Å²) in [5, 5.41) is 14.9. The summed E-state index contributed by atoms with van der Waals surface area (Å²) in [5.41, 5.74) is -0.521. The summed E-state index contributed by atoms with van der Waals surface area (Å²) in [6.45, 7) is 5.54. The fraction of sp³-hybridized carbons (Fsp3) is 0.462. The SMILES string of the molecule is COC(=O)C1(C)CCC(C(C)(O)c2ncc(-c3cc(C)cc(Nc4nccc(C(F)(F)F)n4)c3)s2)CC1. The highest BCUT2D eigenvalue weighted by atomic mass is 32.1. The van der Waals surface area contributed by atoms with Crippen LogP contribution in [0.25, 0.3) is 10.4 Å². The average molecular weight is 535 g/mol. The highest BCUT2D eigenvalue weighted by Gasteiger charge is 2.45. The van der Waals surface area contributed by atoms with Crippen molar-refractivity contribution in [3.8, 4) is 10.4 Å². The predicted octanol–water partition coefficient (Wildman–Crippen LogP) is 6.25. The van der Waals surface area contributed by atoms with Crippen molar-refractivity contribution in [1.29, 1.82) is 0 Å². The molecule has 0 bridgehead atoms. The van der Waals surface area contributed by atoms with Gasteiger partial charge < -0.3 is 15.2 Å². The van der Waals surface area contributed by atoms with Crippen LogP contribution in [0, 0.1) is 18.3 Å². The monoisotopic (exact) mass is 534 g/mol. The van der Waals surface area contributed by atoms with E-state index in [2.05, 4.69) is 20.3 Å². The Morgan fingerprint density at radius 1 is 1.22 bits per heavy atom. The Hall–Kier alpha value is -3.05. The summed E-state index contributed by atoms with van der Waals surface area (Å²) in [7, 11) is 1.39. The van der Waals surface area contributed by atoms with Crippen LogP contribution in [0.1, 0.15) is 55.8 Å². The molecule has 1 aliphatic carbocycles. The molecule has 0 amide bonds. The molecule has 4 rings (SSSR count). The van der Waals surface area contributed by atoms with Crippen LogP contribution < -0.4 is 5.32 Å². The van der Waals surface area contributed by atoms with Crippen molar-refractivity contribution in [3.05, 3.63) is 52.9 Å². The summed E-state index contributed by atoms with van der Waals surface area (Å²) >= 11 is 1.37. The molecule has 1 aliphatic rings. The van der Waals surface area contributed by atoms with E-state index in [1.165, 1.54) is 18.4 Å². The summed E-state index contributed by atoms with van der Waals surface area (Å²) in [6.07, 6.45) is 0.780. The highest BCUT2D eigenvalue weighted by Crippen LogP contribution is 2.47.